The molecule has 0 saturated carbocycles. The number of thiocarbonyl (C=S) groups is 1. The summed E-state index contributed by atoms with van der Waals surface area (Å²) in [4.78, 5) is 48.5. The average Bonchev–Trinajstić information content (AvgIpc) is 3.63. The first-order valence-corrected chi connectivity index (χ1v) is 14.5. The van der Waals surface area contributed by atoms with Crippen LogP contribution in [-0.4, -0.2) is 82.3 Å². The quantitative estimate of drug-likeness (QED) is 0.0495. The number of rotatable bonds is 8. The van der Waals surface area contributed by atoms with Gasteiger partial charge in [0.25, 0.3) is 11.8 Å². The van der Waals surface area contributed by atoms with Crippen molar-refractivity contribution in [1.29, 1.82) is 0 Å². The summed E-state index contributed by atoms with van der Waals surface area (Å²) in [5, 5.41) is 32.5. The van der Waals surface area contributed by atoms with E-state index in [9.17, 15) is 19.5 Å². The number of thioether (sulfide) groups is 1. The van der Waals surface area contributed by atoms with E-state index in [2.05, 4.69) is 30.8 Å². The zero-order valence-electron chi connectivity index (χ0n) is 22.5. The Hall–Kier alpha value is -3.74. The Morgan fingerprint density at radius 3 is 2.65 bits per heavy atom. The number of amides is 2. The average molecular weight is 644 g/mol. The van der Waals surface area contributed by atoms with Gasteiger partial charge >= 0.3 is 29.6 Å². The Bertz CT molecular complexity index is 1840. The molecule has 0 radical (unpaired) electrons. The molecule has 2 amide bonds. The van der Waals surface area contributed by atoms with Crippen LogP contribution in [0.2, 0.25) is 0 Å². The van der Waals surface area contributed by atoms with E-state index in [1.807, 2.05) is 30.3 Å². The van der Waals surface area contributed by atoms with Crippen LogP contribution in [0, 0.1) is 0 Å². The summed E-state index contributed by atoms with van der Waals surface area (Å²) in [5.41, 5.74) is 7.31. The van der Waals surface area contributed by atoms with E-state index in [4.69, 9.17) is 22.8 Å². The van der Waals surface area contributed by atoms with Gasteiger partial charge in [-0.25, -0.2) is 4.98 Å². The number of nitrogens with zero attached hydrogens (tertiary/aromatic N) is 7. The number of carboxylic acid groups (broad SMARTS) is 1. The summed E-state index contributed by atoms with van der Waals surface area (Å²) >= 11 is 8.00. The van der Waals surface area contributed by atoms with Crippen molar-refractivity contribution in [3.63, 3.8) is 0 Å². The number of carbonyl (C=O) groups excluding carboxylic acids is 3. The van der Waals surface area contributed by atoms with Gasteiger partial charge in [0.15, 0.2) is 22.3 Å². The minimum atomic E-state index is -1.60. The maximum atomic E-state index is 13.2. The molecule has 3 N–H and O–H groups in total. The van der Waals surface area contributed by atoms with E-state index < -0.39 is 34.9 Å². The van der Waals surface area contributed by atoms with Crippen LogP contribution in [0.5, 0.6) is 0 Å². The Morgan fingerprint density at radius 1 is 1.21 bits per heavy atom. The molecule has 0 spiro atoms. The van der Waals surface area contributed by atoms with E-state index in [0.29, 0.717) is 11.3 Å². The van der Waals surface area contributed by atoms with Crippen molar-refractivity contribution >= 4 is 74.5 Å². The molecule has 4 aromatic rings. The number of nitrogens with one attached hydrogen (secondary N) is 1. The number of β-lactam (4-membered cyclic amide) rings is 1. The predicted molar refractivity (Wildman–Crippen MR) is 155 cm³/mol. The number of thiazole rings is 1. The molecule has 0 bridgehead atoms. The Kier molecular flexibility index (Phi) is 8.91. The second-order valence-corrected chi connectivity index (χ2v) is 11.3. The molecule has 212 valence electrons. The zero-order valence-corrected chi connectivity index (χ0v) is 26.9. The van der Waals surface area contributed by atoms with Gasteiger partial charge in [-0.1, -0.05) is 47.7 Å². The van der Waals surface area contributed by atoms with Crippen LogP contribution >= 0.6 is 35.3 Å². The largest absolute Gasteiger partial charge is 1.00 e. The second-order valence-electron chi connectivity index (χ2n) is 8.88. The van der Waals surface area contributed by atoms with Crippen LogP contribution < -0.4 is 45.7 Å². The van der Waals surface area contributed by atoms with E-state index in [1.165, 1.54) is 28.8 Å². The molecule has 0 aliphatic carbocycles. The maximum Gasteiger partial charge on any atom is 1.00 e. The van der Waals surface area contributed by atoms with E-state index in [-0.39, 0.29) is 68.1 Å². The summed E-state index contributed by atoms with van der Waals surface area (Å²) in [6.07, 6.45) is 0. The van der Waals surface area contributed by atoms with Crippen LogP contribution in [0.25, 0.3) is 16.9 Å². The smallest absolute Gasteiger partial charge is 0.543 e. The van der Waals surface area contributed by atoms with Crippen molar-refractivity contribution < 1.29 is 53.9 Å². The third-order valence-electron chi connectivity index (χ3n) is 6.42. The van der Waals surface area contributed by atoms with E-state index >= 15 is 0 Å². The summed E-state index contributed by atoms with van der Waals surface area (Å²) in [5.74, 6) is -2.76. The van der Waals surface area contributed by atoms with Gasteiger partial charge in [0.1, 0.15) is 24.2 Å². The fraction of sp³-hybridized carbons (Fsp3) is 0.160. The van der Waals surface area contributed by atoms with Crippen molar-refractivity contribution in [3.8, 4) is 11.3 Å². The van der Waals surface area contributed by atoms with Crippen LogP contribution in [0.3, 0.4) is 0 Å². The third kappa shape index (κ3) is 5.54. The predicted octanol–water partition coefficient (Wildman–Crippen LogP) is -2.99. The van der Waals surface area contributed by atoms with Gasteiger partial charge in [0, 0.05) is 22.3 Å². The first kappa shape index (κ1) is 30.7. The van der Waals surface area contributed by atoms with Gasteiger partial charge in [0.05, 0.1) is 22.2 Å². The molecule has 1 saturated heterocycles. The minimum absolute atomic E-state index is 0. The first-order chi connectivity index (χ1) is 20.3. The SMILES string of the molecule is CO/N=C(\C(=O)N[C@@H]1C(=O)N2C(C(=O)[O-])=C(C(=S)c3nnc4ccc(-c5ccccc5)nn34)CS[C@@H]12)c1csc(N)n1.[Na+]. The molecule has 2 aliphatic rings. The first-order valence-electron chi connectivity index (χ1n) is 12.1. The number of anilines is 1. The standard InChI is InChI=1S/C25H19N9O5S3.Na/c1-39-32-16(14-10-42-25(26)27-14)21(35)28-17-22(36)33-18(24(37)38)12(9-41-23(17)33)19(40)20-30-29-15-8-7-13(31-34(15)20)11-5-3-2-4-6-11;/h2-8,10,17,23H,9H2,1H3,(H2,26,27)(H,28,35)(H,37,38);/q;+1/p-1/b32-16-;/t17-,23+;/m1./s1. The molecule has 5 heterocycles. The van der Waals surface area contributed by atoms with E-state index in [0.717, 1.165) is 21.8 Å². The fourth-order valence-electron chi connectivity index (χ4n) is 4.51. The molecule has 0 unspecified atom stereocenters. The number of aliphatic carboxylic acids is 1. The van der Waals surface area contributed by atoms with Gasteiger partial charge in [-0.05, 0) is 12.1 Å². The number of hydrogen-bond acceptors (Lipinski definition) is 14. The maximum absolute atomic E-state index is 13.2. The van der Waals surface area contributed by atoms with Gasteiger partial charge in [-0.3, -0.25) is 14.5 Å². The summed E-state index contributed by atoms with van der Waals surface area (Å²) in [6, 6.07) is 11.9. The summed E-state index contributed by atoms with van der Waals surface area (Å²) in [7, 11) is 1.26. The summed E-state index contributed by atoms with van der Waals surface area (Å²) in [6.45, 7) is 0. The fourth-order valence-corrected chi connectivity index (χ4v) is 6.80. The van der Waals surface area contributed by atoms with Crippen molar-refractivity contribution in [2.75, 3.05) is 18.6 Å². The molecule has 2 atom stereocenters. The minimum Gasteiger partial charge on any atom is -0.543 e. The summed E-state index contributed by atoms with van der Waals surface area (Å²) < 4.78 is 1.43. The van der Waals surface area contributed by atoms with Crippen molar-refractivity contribution in [2.24, 2.45) is 5.16 Å². The Balaban J connectivity index is 0.00000368. The molecule has 1 fully saturated rings. The van der Waals surface area contributed by atoms with Crippen LogP contribution in [0.15, 0.2) is 64.3 Å². The van der Waals surface area contributed by atoms with Gasteiger partial charge < -0.3 is 25.8 Å². The number of benzene rings is 1. The monoisotopic (exact) mass is 643 g/mol. The molecule has 14 nitrogen and oxygen atoms in total. The molecular weight excluding hydrogens is 626 g/mol. The molecular formula is C25H18N9NaO5S3. The van der Waals surface area contributed by atoms with Gasteiger partial charge in [-0.15, -0.1) is 33.3 Å². The molecule has 18 heteroatoms. The topological polar surface area (TPSA) is 193 Å². The van der Waals surface area contributed by atoms with Crippen molar-refractivity contribution in [3.05, 3.63) is 70.6 Å². The number of nitrogens with two attached hydrogens (primary N) is 1. The number of carbonyl (C=O) groups is 3. The molecule has 3 aromatic heterocycles. The molecule has 2 aliphatic heterocycles. The number of fused-ring (bicyclic) bond motifs is 2. The zero-order chi connectivity index (χ0) is 29.5. The third-order valence-corrected chi connectivity index (χ3v) is 8.80. The number of carboxylic acids is 1. The Labute approximate surface area is 278 Å². The van der Waals surface area contributed by atoms with Gasteiger partial charge in [0.2, 0.25) is 0 Å². The normalized spacial score (nSPS) is 18.0. The van der Waals surface area contributed by atoms with Crippen LogP contribution in [0.4, 0.5) is 5.13 Å². The van der Waals surface area contributed by atoms with Crippen molar-refractivity contribution in [1.82, 2.24) is 35.0 Å². The van der Waals surface area contributed by atoms with Crippen LogP contribution in [-0.2, 0) is 19.2 Å². The van der Waals surface area contributed by atoms with Crippen LogP contribution in [0.1, 0.15) is 11.5 Å². The number of nitrogen functional groups attached to an aromatic ring is 1. The van der Waals surface area contributed by atoms with E-state index in [1.54, 1.807) is 12.1 Å². The molecule has 43 heavy (non-hydrogen) atoms. The van der Waals surface area contributed by atoms with Gasteiger partial charge in [-0.2, -0.15) is 9.61 Å². The number of hydrogen-bond donors (Lipinski definition) is 2. The molecule has 1 aromatic carbocycles. The Morgan fingerprint density at radius 2 is 1.98 bits per heavy atom. The molecule has 6 rings (SSSR count). The number of oxime groups is 1. The van der Waals surface area contributed by atoms with Crippen molar-refractivity contribution in [2.45, 2.75) is 11.4 Å². The second kappa shape index (κ2) is 12.5. The number of aromatic nitrogens is 5.